The van der Waals surface area contributed by atoms with Gasteiger partial charge < -0.3 is 4.84 Å². The summed E-state index contributed by atoms with van der Waals surface area (Å²) in [5.74, 6) is 4.28. The van der Waals surface area contributed by atoms with Crippen molar-refractivity contribution in [1.29, 1.82) is 0 Å². The first-order valence-corrected chi connectivity index (χ1v) is 4.66. The number of hydrogen-bond acceptors (Lipinski definition) is 5. The van der Waals surface area contributed by atoms with E-state index in [4.69, 9.17) is 5.84 Å². The lowest BCUT2D eigenvalue weighted by Gasteiger charge is -2.18. The van der Waals surface area contributed by atoms with Gasteiger partial charge in [0.1, 0.15) is 0 Å². The average Bonchev–Trinajstić information content (AvgIpc) is 2.49. The third-order valence-corrected chi connectivity index (χ3v) is 1.87. The molecule has 2 N–H and O–H groups in total. The van der Waals surface area contributed by atoms with E-state index >= 15 is 0 Å². The van der Waals surface area contributed by atoms with Gasteiger partial charge in [-0.05, 0) is 6.42 Å². The van der Waals surface area contributed by atoms with Crippen LogP contribution in [0.1, 0.15) is 26.2 Å². The van der Waals surface area contributed by atoms with Crippen molar-refractivity contribution < 1.29 is 19.2 Å². The van der Waals surface area contributed by atoms with E-state index in [1.807, 2.05) is 6.92 Å². The fraction of sp³-hybridized carbons (Fsp3) is 0.625. The van der Waals surface area contributed by atoms with Crippen molar-refractivity contribution in [2.45, 2.75) is 26.2 Å². The number of hydrogen-bond donors (Lipinski definition) is 1. The number of amides is 3. The molecule has 0 saturated carbocycles. The smallest absolute Gasteiger partial charge is 0.310 e. The van der Waals surface area contributed by atoms with Gasteiger partial charge in [0.25, 0.3) is 11.8 Å². The van der Waals surface area contributed by atoms with Crippen LogP contribution in [0.4, 0.5) is 4.79 Å². The molecular formula is C8H13N3O4. The standard InChI is InChI=1S/C8H13N3O4/c1-2-5-10(9)8(14)15-11-6(12)3-4-7(11)13/h2-5,9H2,1H3. The first-order chi connectivity index (χ1) is 7.06. The molecule has 0 spiro atoms. The molecule has 15 heavy (non-hydrogen) atoms. The van der Waals surface area contributed by atoms with Crippen molar-refractivity contribution in [3.05, 3.63) is 0 Å². The monoisotopic (exact) mass is 215 g/mol. The second kappa shape index (κ2) is 4.74. The highest BCUT2D eigenvalue weighted by Gasteiger charge is 2.33. The maximum absolute atomic E-state index is 11.2. The average molecular weight is 215 g/mol. The predicted molar refractivity (Wildman–Crippen MR) is 48.8 cm³/mol. The molecule has 0 aromatic rings. The van der Waals surface area contributed by atoms with Crippen molar-refractivity contribution in [2.24, 2.45) is 5.84 Å². The molecule has 0 bridgehead atoms. The van der Waals surface area contributed by atoms with Crippen molar-refractivity contribution >= 4 is 17.9 Å². The van der Waals surface area contributed by atoms with Crippen LogP contribution in [0.25, 0.3) is 0 Å². The summed E-state index contributed by atoms with van der Waals surface area (Å²) in [5, 5.41) is 1.29. The molecule has 0 radical (unpaired) electrons. The Morgan fingerprint density at radius 1 is 1.47 bits per heavy atom. The Balaban J connectivity index is 2.50. The lowest BCUT2D eigenvalue weighted by molar-refractivity contribution is -0.173. The van der Waals surface area contributed by atoms with Crippen molar-refractivity contribution in [3.63, 3.8) is 0 Å². The molecule has 7 nitrogen and oxygen atoms in total. The van der Waals surface area contributed by atoms with E-state index in [0.717, 1.165) is 5.01 Å². The van der Waals surface area contributed by atoms with E-state index in [2.05, 4.69) is 4.84 Å². The van der Waals surface area contributed by atoms with Gasteiger partial charge in [-0.3, -0.25) is 9.59 Å². The topological polar surface area (TPSA) is 92.9 Å². The summed E-state index contributed by atoms with van der Waals surface area (Å²) in [5.41, 5.74) is 0. The molecule has 3 amide bonds. The third kappa shape index (κ3) is 2.66. The molecule has 0 atom stereocenters. The number of carbonyl (C=O) groups excluding carboxylic acids is 3. The lowest BCUT2D eigenvalue weighted by Crippen LogP contribution is -2.43. The van der Waals surface area contributed by atoms with Crippen LogP contribution < -0.4 is 5.84 Å². The molecule has 1 rings (SSSR count). The number of hydroxylamine groups is 2. The van der Waals surface area contributed by atoms with Gasteiger partial charge >= 0.3 is 6.09 Å². The highest BCUT2D eigenvalue weighted by Crippen LogP contribution is 2.12. The number of rotatable bonds is 3. The van der Waals surface area contributed by atoms with E-state index in [0.29, 0.717) is 18.0 Å². The van der Waals surface area contributed by atoms with E-state index in [-0.39, 0.29) is 12.8 Å². The van der Waals surface area contributed by atoms with Gasteiger partial charge in [-0.15, -0.1) is 5.06 Å². The summed E-state index contributed by atoms with van der Waals surface area (Å²) in [6.45, 7) is 2.13. The molecule has 0 unspecified atom stereocenters. The van der Waals surface area contributed by atoms with E-state index < -0.39 is 17.9 Å². The fourth-order valence-corrected chi connectivity index (χ4v) is 1.12. The van der Waals surface area contributed by atoms with Crippen LogP contribution >= 0.6 is 0 Å². The summed E-state index contributed by atoms with van der Waals surface area (Å²) >= 11 is 0. The van der Waals surface area contributed by atoms with Crippen LogP contribution in [0.3, 0.4) is 0 Å². The van der Waals surface area contributed by atoms with Gasteiger partial charge in [0, 0.05) is 19.4 Å². The van der Waals surface area contributed by atoms with Gasteiger partial charge in [0.05, 0.1) is 0 Å². The van der Waals surface area contributed by atoms with Gasteiger partial charge in [-0.2, -0.15) is 0 Å². The molecule has 1 fully saturated rings. The fourth-order valence-electron chi connectivity index (χ4n) is 1.12. The summed E-state index contributed by atoms with van der Waals surface area (Å²) in [7, 11) is 0. The van der Waals surface area contributed by atoms with Crippen LogP contribution in [0.2, 0.25) is 0 Å². The van der Waals surface area contributed by atoms with Gasteiger partial charge in [0.2, 0.25) is 0 Å². The van der Waals surface area contributed by atoms with Crippen LogP contribution in [-0.2, 0) is 14.4 Å². The molecule has 0 aromatic carbocycles. The Morgan fingerprint density at radius 3 is 2.47 bits per heavy atom. The Morgan fingerprint density at radius 2 is 2.00 bits per heavy atom. The minimum atomic E-state index is -0.902. The number of imide groups is 1. The maximum Gasteiger partial charge on any atom is 0.449 e. The number of carbonyl (C=O) groups is 3. The third-order valence-electron chi connectivity index (χ3n) is 1.87. The summed E-state index contributed by atoms with van der Waals surface area (Å²) < 4.78 is 0. The second-order valence-corrected chi connectivity index (χ2v) is 3.13. The van der Waals surface area contributed by atoms with Crippen LogP contribution in [0, 0.1) is 0 Å². The van der Waals surface area contributed by atoms with E-state index in [1.54, 1.807) is 0 Å². The summed E-state index contributed by atoms with van der Waals surface area (Å²) in [6, 6.07) is 0. The molecule has 7 heteroatoms. The van der Waals surface area contributed by atoms with E-state index in [1.165, 1.54) is 0 Å². The Bertz CT molecular complexity index is 276. The Hall–Kier alpha value is -1.63. The zero-order valence-corrected chi connectivity index (χ0v) is 8.43. The zero-order valence-electron chi connectivity index (χ0n) is 8.43. The highest BCUT2D eigenvalue weighted by atomic mass is 16.7. The quantitative estimate of drug-likeness (QED) is 0.304. The SMILES string of the molecule is CCCN(N)C(=O)ON1C(=O)CCC1=O. The molecule has 1 aliphatic rings. The maximum atomic E-state index is 11.2. The van der Waals surface area contributed by atoms with Crippen molar-refractivity contribution in [1.82, 2.24) is 10.1 Å². The van der Waals surface area contributed by atoms with Crippen molar-refractivity contribution in [3.8, 4) is 0 Å². The molecule has 84 valence electrons. The minimum absolute atomic E-state index is 0.0739. The molecular weight excluding hydrogens is 202 g/mol. The summed E-state index contributed by atoms with van der Waals surface area (Å²) in [6.07, 6.45) is -0.0944. The molecule has 1 heterocycles. The van der Waals surface area contributed by atoms with E-state index in [9.17, 15) is 14.4 Å². The first-order valence-electron chi connectivity index (χ1n) is 4.66. The summed E-state index contributed by atoms with van der Waals surface area (Å²) in [4.78, 5) is 37.9. The highest BCUT2D eigenvalue weighted by molar-refractivity contribution is 6.01. The molecule has 1 saturated heterocycles. The number of hydrazine groups is 1. The predicted octanol–water partition coefficient (Wildman–Crippen LogP) is -0.227. The van der Waals surface area contributed by atoms with Crippen LogP contribution in [0.5, 0.6) is 0 Å². The van der Waals surface area contributed by atoms with Gasteiger partial charge in [-0.25, -0.2) is 15.6 Å². The van der Waals surface area contributed by atoms with Crippen LogP contribution in [0.15, 0.2) is 0 Å². The Labute approximate surface area is 86.7 Å². The molecule has 1 aliphatic heterocycles. The van der Waals surface area contributed by atoms with Gasteiger partial charge in [0.15, 0.2) is 0 Å². The Kier molecular flexibility index (Phi) is 3.62. The number of nitrogens with two attached hydrogens (primary N) is 1. The largest absolute Gasteiger partial charge is 0.449 e. The lowest BCUT2D eigenvalue weighted by atomic mass is 10.4. The normalized spacial score (nSPS) is 15.7. The zero-order chi connectivity index (χ0) is 11.4. The molecule has 0 aliphatic carbocycles. The van der Waals surface area contributed by atoms with Crippen molar-refractivity contribution in [2.75, 3.05) is 6.54 Å². The van der Waals surface area contributed by atoms with Crippen LogP contribution in [-0.4, -0.2) is 34.5 Å². The molecule has 0 aromatic heterocycles. The second-order valence-electron chi connectivity index (χ2n) is 3.13. The van der Waals surface area contributed by atoms with Gasteiger partial charge in [-0.1, -0.05) is 6.92 Å². The number of nitrogens with zero attached hydrogens (tertiary/aromatic N) is 2. The minimum Gasteiger partial charge on any atom is -0.310 e. The first kappa shape index (κ1) is 11.4.